The Hall–Kier alpha value is -2.91. The number of hydrogen-bond donors (Lipinski definition) is 0. The van der Waals surface area contributed by atoms with Crippen LogP contribution in [0.5, 0.6) is 0 Å². The molecule has 2 aromatic heterocycles. The standard InChI is InChI=1S/C19H21F3N6O/c1-3-27-12(2)15(10-23-27)18(29)26-8-4-5-14(11-26)28-17-7-6-13(19(20,21)22)9-16(17)24-25-28/h6-7,9-10,14H,3-5,8,11H2,1-2H3. The summed E-state index contributed by atoms with van der Waals surface area (Å²) in [5.41, 5.74) is 1.38. The summed E-state index contributed by atoms with van der Waals surface area (Å²) in [6, 6.07) is 3.30. The third kappa shape index (κ3) is 3.47. The first-order chi connectivity index (χ1) is 13.8. The van der Waals surface area contributed by atoms with E-state index < -0.39 is 11.7 Å². The van der Waals surface area contributed by atoms with Crippen LogP contribution in [-0.2, 0) is 12.7 Å². The number of aromatic nitrogens is 5. The molecule has 1 saturated heterocycles. The molecule has 0 aliphatic carbocycles. The fraction of sp³-hybridized carbons (Fsp3) is 0.474. The molecule has 1 unspecified atom stereocenters. The molecule has 0 saturated carbocycles. The van der Waals surface area contributed by atoms with E-state index in [1.807, 2.05) is 13.8 Å². The lowest BCUT2D eigenvalue weighted by Gasteiger charge is -2.32. The molecule has 1 atom stereocenters. The number of benzene rings is 1. The van der Waals surface area contributed by atoms with Gasteiger partial charge < -0.3 is 4.90 Å². The number of carbonyl (C=O) groups is 1. The van der Waals surface area contributed by atoms with Gasteiger partial charge in [0, 0.05) is 25.3 Å². The summed E-state index contributed by atoms with van der Waals surface area (Å²) in [5, 5.41) is 12.2. The highest BCUT2D eigenvalue weighted by Crippen LogP contribution is 2.32. The number of fused-ring (bicyclic) bond motifs is 1. The summed E-state index contributed by atoms with van der Waals surface area (Å²) in [6.45, 7) is 5.57. The third-order valence-electron chi connectivity index (χ3n) is 5.46. The molecular formula is C19H21F3N6O. The molecule has 1 aliphatic rings. The van der Waals surface area contributed by atoms with Crippen LogP contribution in [0.4, 0.5) is 13.2 Å². The average Bonchev–Trinajstić information content (AvgIpc) is 3.29. The van der Waals surface area contributed by atoms with Gasteiger partial charge in [-0.2, -0.15) is 18.3 Å². The van der Waals surface area contributed by atoms with E-state index in [1.165, 1.54) is 6.07 Å². The lowest BCUT2D eigenvalue weighted by atomic mass is 10.0. The number of hydrogen-bond acceptors (Lipinski definition) is 4. The van der Waals surface area contributed by atoms with E-state index in [9.17, 15) is 18.0 Å². The van der Waals surface area contributed by atoms with E-state index in [1.54, 1.807) is 20.5 Å². The number of carbonyl (C=O) groups excluding carboxylic acids is 1. The zero-order valence-corrected chi connectivity index (χ0v) is 16.1. The van der Waals surface area contributed by atoms with Gasteiger partial charge in [0.15, 0.2) is 0 Å². The van der Waals surface area contributed by atoms with E-state index in [2.05, 4.69) is 15.4 Å². The van der Waals surface area contributed by atoms with Crippen molar-refractivity contribution in [2.24, 2.45) is 0 Å². The number of piperidine rings is 1. The summed E-state index contributed by atoms with van der Waals surface area (Å²) >= 11 is 0. The van der Waals surface area contributed by atoms with E-state index in [4.69, 9.17) is 0 Å². The average molecular weight is 406 g/mol. The summed E-state index contributed by atoms with van der Waals surface area (Å²) in [6.07, 6.45) is -1.28. The molecule has 29 heavy (non-hydrogen) atoms. The molecule has 10 heteroatoms. The van der Waals surface area contributed by atoms with Crippen molar-refractivity contribution in [3.8, 4) is 0 Å². The van der Waals surface area contributed by atoms with Crippen LogP contribution in [0.25, 0.3) is 11.0 Å². The van der Waals surface area contributed by atoms with Crippen molar-refractivity contribution in [3.05, 3.63) is 41.2 Å². The molecule has 1 fully saturated rings. The Bertz CT molecular complexity index is 1050. The summed E-state index contributed by atoms with van der Waals surface area (Å²) < 4.78 is 42.2. The van der Waals surface area contributed by atoms with Gasteiger partial charge in [-0.25, -0.2) is 4.68 Å². The number of likely N-dealkylation sites (tertiary alicyclic amines) is 1. The topological polar surface area (TPSA) is 68.8 Å². The van der Waals surface area contributed by atoms with Crippen LogP contribution >= 0.6 is 0 Å². The number of nitrogens with zero attached hydrogens (tertiary/aromatic N) is 6. The number of halogens is 3. The maximum Gasteiger partial charge on any atom is 0.416 e. The van der Waals surface area contributed by atoms with Crippen molar-refractivity contribution >= 4 is 16.9 Å². The van der Waals surface area contributed by atoms with Crippen molar-refractivity contribution < 1.29 is 18.0 Å². The van der Waals surface area contributed by atoms with Crippen molar-refractivity contribution in [2.45, 2.75) is 45.5 Å². The highest BCUT2D eigenvalue weighted by atomic mass is 19.4. The maximum atomic E-state index is 13.0. The maximum absolute atomic E-state index is 13.0. The molecule has 0 N–H and O–H groups in total. The Morgan fingerprint density at radius 1 is 1.31 bits per heavy atom. The van der Waals surface area contributed by atoms with Crippen LogP contribution in [-0.4, -0.2) is 48.7 Å². The summed E-state index contributed by atoms with van der Waals surface area (Å²) in [7, 11) is 0. The van der Waals surface area contributed by atoms with Gasteiger partial charge in [-0.1, -0.05) is 5.21 Å². The van der Waals surface area contributed by atoms with Crippen molar-refractivity contribution in [1.82, 2.24) is 29.7 Å². The van der Waals surface area contributed by atoms with Gasteiger partial charge in [-0.05, 0) is 44.9 Å². The monoisotopic (exact) mass is 406 g/mol. The molecule has 1 aromatic carbocycles. The molecule has 0 bridgehead atoms. The van der Waals surface area contributed by atoms with Crippen LogP contribution in [0.2, 0.25) is 0 Å². The van der Waals surface area contributed by atoms with E-state index in [-0.39, 0.29) is 17.5 Å². The normalized spacial score (nSPS) is 17.8. The van der Waals surface area contributed by atoms with Crippen LogP contribution in [0.3, 0.4) is 0 Å². The van der Waals surface area contributed by atoms with Crippen molar-refractivity contribution in [1.29, 1.82) is 0 Å². The van der Waals surface area contributed by atoms with Gasteiger partial charge in [0.25, 0.3) is 5.91 Å². The van der Waals surface area contributed by atoms with Gasteiger partial charge in [-0.15, -0.1) is 5.10 Å². The minimum Gasteiger partial charge on any atom is -0.336 e. The van der Waals surface area contributed by atoms with E-state index in [0.29, 0.717) is 30.7 Å². The third-order valence-corrected chi connectivity index (χ3v) is 5.46. The first-order valence-corrected chi connectivity index (χ1v) is 9.53. The highest BCUT2D eigenvalue weighted by molar-refractivity contribution is 5.95. The summed E-state index contributed by atoms with van der Waals surface area (Å²) in [4.78, 5) is 14.7. The van der Waals surface area contributed by atoms with Gasteiger partial charge in [0.2, 0.25) is 0 Å². The van der Waals surface area contributed by atoms with Crippen molar-refractivity contribution in [3.63, 3.8) is 0 Å². The van der Waals surface area contributed by atoms with Crippen molar-refractivity contribution in [2.75, 3.05) is 13.1 Å². The molecule has 1 aliphatic heterocycles. The second-order valence-corrected chi connectivity index (χ2v) is 7.24. The Balaban J connectivity index is 1.58. The quantitative estimate of drug-likeness (QED) is 0.668. The Kier molecular flexibility index (Phi) is 4.79. The molecule has 3 heterocycles. The molecule has 1 amide bonds. The second-order valence-electron chi connectivity index (χ2n) is 7.24. The van der Waals surface area contributed by atoms with Gasteiger partial charge in [-0.3, -0.25) is 9.48 Å². The Morgan fingerprint density at radius 2 is 2.10 bits per heavy atom. The van der Waals surface area contributed by atoms with Gasteiger partial charge >= 0.3 is 6.18 Å². The number of amides is 1. The predicted octanol–water partition coefficient (Wildman–Crippen LogP) is 3.45. The van der Waals surface area contributed by atoms with Crippen LogP contribution in [0, 0.1) is 6.92 Å². The van der Waals surface area contributed by atoms with Crippen LogP contribution in [0.1, 0.15) is 47.4 Å². The molecule has 0 spiro atoms. The first-order valence-electron chi connectivity index (χ1n) is 9.53. The van der Waals surface area contributed by atoms with Crippen LogP contribution < -0.4 is 0 Å². The Morgan fingerprint density at radius 3 is 2.79 bits per heavy atom. The Labute approximate surface area is 165 Å². The fourth-order valence-corrected chi connectivity index (χ4v) is 3.87. The van der Waals surface area contributed by atoms with Crippen LogP contribution in [0.15, 0.2) is 24.4 Å². The second kappa shape index (κ2) is 7.16. The molecule has 0 radical (unpaired) electrons. The lowest BCUT2D eigenvalue weighted by molar-refractivity contribution is -0.137. The number of alkyl halides is 3. The van der Waals surface area contributed by atoms with E-state index in [0.717, 1.165) is 30.7 Å². The largest absolute Gasteiger partial charge is 0.416 e. The zero-order chi connectivity index (χ0) is 20.8. The van der Waals surface area contributed by atoms with Gasteiger partial charge in [0.05, 0.1) is 28.9 Å². The highest BCUT2D eigenvalue weighted by Gasteiger charge is 2.32. The molecule has 4 rings (SSSR count). The number of rotatable bonds is 3. The first kappa shape index (κ1) is 19.4. The summed E-state index contributed by atoms with van der Waals surface area (Å²) in [5.74, 6) is -0.0873. The SMILES string of the molecule is CCn1ncc(C(=O)N2CCCC(n3nnc4cc(C(F)(F)F)ccc43)C2)c1C. The van der Waals surface area contributed by atoms with E-state index >= 15 is 0 Å². The molecular weight excluding hydrogens is 385 g/mol. The molecule has 154 valence electrons. The molecule has 7 nitrogen and oxygen atoms in total. The molecule has 3 aromatic rings. The minimum absolute atomic E-state index is 0.0873. The zero-order valence-electron chi connectivity index (χ0n) is 16.1. The fourth-order valence-electron chi connectivity index (χ4n) is 3.87. The minimum atomic E-state index is -4.42. The van der Waals surface area contributed by atoms with Gasteiger partial charge in [0.1, 0.15) is 5.52 Å². The number of aryl methyl sites for hydroxylation is 1. The predicted molar refractivity (Wildman–Crippen MR) is 99.3 cm³/mol. The lowest BCUT2D eigenvalue weighted by Crippen LogP contribution is -2.41. The smallest absolute Gasteiger partial charge is 0.336 e.